The van der Waals surface area contributed by atoms with Gasteiger partial charge in [0.25, 0.3) is 0 Å². The Hall–Kier alpha value is -1.92. The van der Waals surface area contributed by atoms with Crippen LogP contribution in [-0.2, 0) is 10.0 Å². The minimum Gasteiger partial charge on any atom is -0.295 e. The molecule has 0 aliphatic heterocycles. The number of halogens is 1. The van der Waals surface area contributed by atoms with E-state index in [1.807, 2.05) is 18.2 Å². The lowest BCUT2D eigenvalue weighted by atomic mass is 10.0. The van der Waals surface area contributed by atoms with Crippen LogP contribution in [0.1, 0.15) is 37.1 Å². The van der Waals surface area contributed by atoms with Gasteiger partial charge >= 0.3 is 0 Å². The summed E-state index contributed by atoms with van der Waals surface area (Å²) in [6.07, 6.45) is 0. The first-order valence-corrected chi connectivity index (χ1v) is 11.4. The van der Waals surface area contributed by atoms with Gasteiger partial charge in [0.15, 0.2) is 0 Å². The first kappa shape index (κ1) is 19.4. The van der Waals surface area contributed by atoms with Crippen LogP contribution in [0.25, 0.3) is 10.8 Å². The lowest BCUT2D eigenvalue weighted by Crippen LogP contribution is -2.38. The summed E-state index contributed by atoms with van der Waals surface area (Å²) in [6, 6.07) is 18.2. The highest BCUT2D eigenvalue weighted by atomic mass is 35.5. The zero-order valence-corrected chi connectivity index (χ0v) is 17.5. The Morgan fingerprint density at radius 1 is 0.929 bits per heavy atom. The number of hydrogen-bond acceptors (Lipinski definition) is 3. The molecule has 1 aliphatic rings. The largest absolute Gasteiger partial charge is 0.295 e. The molecule has 2 atom stereocenters. The fourth-order valence-electron chi connectivity index (χ4n) is 4.26. The summed E-state index contributed by atoms with van der Waals surface area (Å²) >= 11 is 5.93. The highest BCUT2D eigenvalue weighted by Gasteiger charge is 2.39. The summed E-state index contributed by atoms with van der Waals surface area (Å²) in [5, 5.41) is 2.81. The van der Waals surface area contributed by atoms with Crippen LogP contribution in [0.5, 0.6) is 0 Å². The molecule has 3 aromatic rings. The van der Waals surface area contributed by atoms with Gasteiger partial charge < -0.3 is 0 Å². The van der Waals surface area contributed by atoms with Crippen molar-refractivity contribution in [2.45, 2.75) is 30.8 Å². The summed E-state index contributed by atoms with van der Waals surface area (Å²) in [5.41, 5.74) is 2.21. The van der Waals surface area contributed by atoms with Crippen LogP contribution in [0.15, 0.2) is 65.6 Å². The van der Waals surface area contributed by atoms with Crippen LogP contribution in [0.2, 0.25) is 5.02 Å². The smallest absolute Gasteiger partial charge is 0.241 e. The number of nitrogens with one attached hydrogen (secondary N) is 1. The molecule has 0 heterocycles. The summed E-state index contributed by atoms with van der Waals surface area (Å²) in [7, 11) is -3.69. The van der Waals surface area contributed by atoms with Gasteiger partial charge in [0.1, 0.15) is 0 Å². The zero-order chi connectivity index (χ0) is 19.9. The number of likely N-dealkylation sites (N-methyl/N-ethyl adjacent to an activating group) is 1. The van der Waals surface area contributed by atoms with E-state index in [0.29, 0.717) is 5.02 Å². The molecule has 0 spiro atoms. The third kappa shape index (κ3) is 3.22. The lowest BCUT2D eigenvalue weighted by molar-refractivity contribution is 0.190. The van der Waals surface area contributed by atoms with Gasteiger partial charge in [-0.25, -0.2) is 13.1 Å². The number of rotatable bonds is 6. The number of nitrogens with zero attached hydrogens (tertiary/aromatic N) is 1. The van der Waals surface area contributed by atoms with Crippen molar-refractivity contribution in [3.8, 4) is 0 Å². The van der Waals surface area contributed by atoms with Crippen LogP contribution in [0, 0.1) is 0 Å². The minimum absolute atomic E-state index is 0.0434. The van der Waals surface area contributed by atoms with E-state index in [1.54, 1.807) is 24.3 Å². The predicted octanol–water partition coefficient (Wildman–Crippen LogP) is 4.91. The second kappa shape index (κ2) is 7.48. The summed E-state index contributed by atoms with van der Waals surface area (Å²) in [4.78, 5) is 2.53. The minimum atomic E-state index is -3.69. The molecule has 146 valence electrons. The Bertz CT molecular complexity index is 1100. The maximum atomic E-state index is 13.1. The summed E-state index contributed by atoms with van der Waals surface area (Å²) in [5.74, 6) is 0. The van der Waals surface area contributed by atoms with Gasteiger partial charge in [-0.3, -0.25) is 4.90 Å². The molecule has 1 N–H and O–H groups in total. The number of benzene rings is 3. The van der Waals surface area contributed by atoms with E-state index in [9.17, 15) is 8.42 Å². The molecule has 0 aromatic heterocycles. The van der Waals surface area contributed by atoms with Crippen molar-refractivity contribution < 1.29 is 8.42 Å². The average Bonchev–Trinajstić information content (AvgIpc) is 2.99. The van der Waals surface area contributed by atoms with Crippen LogP contribution in [-0.4, -0.2) is 26.4 Å². The number of hydrogen-bond donors (Lipinski definition) is 1. The SMILES string of the molecule is CCN(CC)C1c2cccc3cccc(c23)C1NS(=O)(=O)c1ccc(Cl)cc1. The van der Waals surface area contributed by atoms with E-state index in [-0.39, 0.29) is 17.0 Å². The first-order chi connectivity index (χ1) is 13.5. The van der Waals surface area contributed by atoms with Crippen molar-refractivity contribution in [3.63, 3.8) is 0 Å². The van der Waals surface area contributed by atoms with Gasteiger partial charge in [-0.15, -0.1) is 0 Å². The molecule has 2 unspecified atom stereocenters. The Morgan fingerprint density at radius 3 is 2.14 bits per heavy atom. The molecular weight excluding hydrogens is 392 g/mol. The Balaban J connectivity index is 1.82. The number of sulfonamides is 1. The van der Waals surface area contributed by atoms with E-state index in [4.69, 9.17) is 11.6 Å². The molecule has 0 saturated carbocycles. The molecule has 0 amide bonds. The molecule has 0 radical (unpaired) electrons. The topological polar surface area (TPSA) is 49.4 Å². The Kier molecular flexibility index (Phi) is 5.19. The molecule has 28 heavy (non-hydrogen) atoms. The normalized spacial score (nSPS) is 18.9. The molecular formula is C22H23ClN2O2S. The van der Waals surface area contributed by atoms with Crippen molar-refractivity contribution in [1.29, 1.82) is 0 Å². The van der Waals surface area contributed by atoms with E-state index >= 15 is 0 Å². The van der Waals surface area contributed by atoms with Crippen LogP contribution in [0.3, 0.4) is 0 Å². The van der Waals surface area contributed by atoms with E-state index in [0.717, 1.165) is 29.4 Å². The molecule has 4 nitrogen and oxygen atoms in total. The van der Waals surface area contributed by atoms with E-state index < -0.39 is 10.0 Å². The second-order valence-corrected chi connectivity index (χ2v) is 9.16. The highest BCUT2D eigenvalue weighted by Crippen LogP contribution is 2.47. The average molecular weight is 415 g/mol. The zero-order valence-electron chi connectivity index (χ0n) is 15.9. The third-order valence-electron chi connectivity index (χ3n) is 5.55. The van der Waals surface area contributed by atoms with Crippen molar-refractivity contribution in [2.24, 2.45) is 0 Å². The summed E-state index contributed by atoms with van der Waals surface area (Å²) < 4.78 is 29.3. The van der Waals surface area contributed by atoms with Crippen molar-refractivity contribution in [3.05, 3.63) is 76.8 Å². The molecule has 4 rings (SSSR count). The van der Waals surface area contributed by atoms with E-state index in [1.165, 1.54) is 5.56 Å². The molecule has 0 fully saturated rings. The molecule has 0 bridgehead atoms. The van der Waals surface area contributed by atoms with Gasteiger partial charge in [0.2, 0.25) is 10.0 Å². The van der Waals surface area contributed by atoms with Crippen molar-refractivity contribution in [2.75, 3.05) is 13.1 Å². The molecule has 3 aromatic carbocycles. The monoisotopic (exact) mass is 414 g/mol. The fraction of sp³-hybridized carbons (Fsp3) is 0.273. The lowest BCUT2D eigenvalue weighted by Gasteiger charge is -2.32. The van der Waals surface area contributed by atoms with Gasteiger partial charge in [-0.1, -0.05) is 61.8 Å². The van der Waals surface area contributed by atoms with Crippen molar-refractivity contribution >= 4 is 32.4 Å². The summed E-state index contributed by atoms with van der Waals surface area (Å²) in [6.45, 7) is 5.89. The van der Waals surface area contributed by atoms with Crippen LogP contribution >= 0.6 is 11.6 Å². The van der Waals surface area contributed by atoms with Gasteiger partial charge in [0.05, 0.1) is 17.0 Å². The molecule has 1 aliphatic carbocycles. The Morgan fingerprint density at radius 2 is 1.54 bits per heavy atom. The molecule has 0 saturated heterocycles. The van der Waals surface area contributed by atoms with Crippen LogP contribution in [0.4, 0.5) is 0 Å². The van der Waals surface area contributed by atoms with Gasteiger partial charge in [-0.2, -0.15) is 0 Å². The van der Waals surface area contributed by atoms with E-state index in [2.05, 4.69) is 41.7 Å². The van der Waals surface area contributed by atoms with Gasteiger partial charge in [0, 0.05) is 5.02 Å². The highest BCUT2D eigenvalue weighted by molar-refractivity contribution is 7.89. The maximum absolute atomic E-state index is 13.1. The fourth-order valence-corrected chi connectivity index (χ4v) is 5.60. The third-order valence-corrected chi connectivity index (χ3v) is 7.26. The Labute approximate surface area is 171 Å². The quantitative estimate of drug-likeness (QED) is 0.623. The maximum Gasteiger partial charge on any atom is 0.241 e. The predicted molar refractivity (Wildman–Crippen MR) is 114 cm³/mol. The van der Waals surface area contributed by atoms with Crippen LogP contribution < -0.4 is 4.72 Å². The molecule has 6 heteroatoms. The standard InChI is InChI=1S/C22H23ClN2O2S/c1-3-25(4-2)22-19-10-6-8-15-7-5-9-18(20(15)19)21(22)24-28(26,27)17-13-11-16(23)12-14-17/h5-14,21-22,24H,3-4H2,1-2H3. The second-order valence-electron chi connectivity index (χ2n) is 7.01. The van der Waals surface area contributed by atoms with Gasteiger partial charge in [-0.05, 0) is 59.3 Å². The van der Waals surface area contributed by atoms with Crippen molar-refractivity contribution in [1.82, 2.24) is 9.62 Å². The first-order valence-electron chi connectivity index (χ1n) is 9.49.